The molecule has 0 unspecified atom stereocenters. The smallest absolute Gasteiger partial charge is 0.312 e. The van der Waals surface area contributed by atoms with Crippen LogP contribution in [0.15, 0.2) is 36.4 Å². The van der Waals surface area contributed by atoms with E-state index in [0.717, 1.165) is 16.2 Å². The number of ether oxygens (including phenoxy) is 3. The zero-order valence-electron chi connectivity index (χ0n) is 28.5. The molecule has 2 atom stereocenters. The predicted octanol–water partition coefficient (Wildman–Crippen LogP) is 1.22. The number of hydrogen-bond donors (Lipinski definition) is 5. The van der Waals surface area contributed by atoms with E-state index in [9.17, 15) is 28.8 Å². The van der Waals surface area contributed by atoms with Gasteiger partial charge >= 0.3 is 12.0 Å². The first-order chi connectivity index (χ1) is 22.7. The van der Waals surface area contributed by atoms with Crippen molar-refractivity contribution in [2.24, 2.45) is 17.1 Å². The molecule has 0 fully saturated rings. The maximum Gasteiger partial charge on any atom is 0.312 e. The Morgan fingerprint density at radius 1 is 0.917 bits per heavy atom. The van der Waals surface area contributed by atoms with Crippen LogP contribution < -0.4 is 27.0 Å². The molecule has 266 valence electrons. The number of imide groups is 1. The van der Waals surface area contributed by atoms with Gasteiger partial charge in [-0.05, 0) is 57.2 Å². The van der Waals surface area contributed by atoms with Crippen LogP contribution in [0.1, 0.15) is 53.0 Å². The monoisotopic (exact) mass is 674 g/mol. The van der Waals surface area contributed by atoms with Crippen LogP contribution >= 0.6 is 0 Å². The van der Waals surface area contributed by atoms with Crippen LogP contribution in [-0.4, -0.2) is 98.7 Å². The number of primary amides is 1. The lowest BCUT2D eigenvalue weighted by atomic mass is 9.97. The summed E-state index contributed by atoms with van der Waals surface area (Å²) in [5.41, 5.74) is 6.21. The minimum Gasteiger partial charge on any atom is -0.460 e. The summed E-state index contributed by atoms with van der Waals surface area (Å²) in [5, 5.41) is 11.6. The van der Waals surface area contributed by atoms with Crippen molar-refractivity contribution in [1.82, 2.24) is 20.9 Å². The van der Waals surface area contributed by atoms with Crippen LogP contribution in [-0.2, 0) is 44.8 Å². The number of rotatable bonds is 21. The highest BCUT2D eigenvalue weighted by molar-refractivity contribution is 6.12. The van der Waals surface area contributed by atoms with Gasteiger partial charge in [0.2, 0.25) is 11.8 Å². The van der Waals surface area contributed by atoms with Crippen LogP contribution in [0.4, 0.5) is 10.5 Å². The van der Waals surface area contributed by atoms with E-state index in [2.05, 4.69) is 21.3 Å². The Balaban J connectivity index is 1.84. The maximum atomic E-state index is 13.3. The van der Waals surface area contributed by atoms with E-state index in [1.54, 1.807) is 20.8 Å². The molecule has 6 N–H and O–H groups in total. The molecule has 6 amide bonds. The highest BCUT2D eigenvalue weighted by Crippen LogP contribution is 2.17. The number of nitrogens with two attached hydrogens (primary N) is 1. The number of esters is 1. The molecule has 48 heavy (non-hydrogen) atoms. The Labute approximate surface area is 281 Å². The van der Waals surface area contributed by atoms with Crippen molar-refractivity contribution in [1.29, 1.82) is 0 Å². The van der Waals surface area contributed by atoms with Gasteiger partial charge in [0.15, 0.2) is 0 Å². The van der Waals surface area contributed by atoms with E-state index in [1.165, 1.54) is 12.2 Å². The molecule has 1 aromatic carbocycles. The fourth-order valence-electron chi connectivity index (χ4n) is 4.34. The van der Waals surface area contributed by atoms with Crippen molar-refractivity contribution >= 4 is 41.3 Å². The van der Waals surface area contributed by atoms with Crippen LogP contribution in [0.3, 0.4) is 0 Å². The first-order valence-corrected chi connectivity index (χ1v) is 16.0. The quantitative estimate of drug-likeness (QED) is 0.0716. The highest BCUT2D eigenvalue weighted by Gasteiger charge is 2.27. The Morgan fingerprint density at radius 2 is 1.56 bits per heavy atom. The summed E-state index contributed by atoms with van der Waals surface area (Å²) >= 11 is 0. The molecule has 2 rings (SSSR count). The summed E-state index contributed by atoms with van der Waals surface area (Å²) in [6.45, 7) is 10.1. The molecule has 0 radical (unpaired) electrons. The lowest BCUT2D eigenvalue weighted by Crippen LogP contribution is -2.54. The van der Waals surface area contributed by atoms with E-state index in [1.807, 2.05) is 38.1 Å². The van der Waals surface area contributed by atoms with Crippen LogP contribution in [0.5, 0.6) is 0 Å². The van der Waals surface area contributed by atoms with Crippen molar-refractivity contribution in [3.05, 3.63) is 42.0 Å². The van der Waals surface area contributed by atoms with Gasteiger partial charge in [0, 0.05) is 37.0 Å². The summed E-state index contributed by atoms with van der Waals surface area (Å²) in [5.74, 6) is -2.12. The molecule has 0 bridgehead atoms. The molecule has 1 aliphatic rings. The lowest BCUT2D eigenvalue weighted by molar-refractivity contribution is -0.154. The SMILES string of the molecule is CC(C)[C@H](NC(=O)COCCOCCN1C(=O)C=CC1=O)C(=O)N[C@@H](CCCNC(N)=O)CNc1ccc(COC(=O)C(C)(C)C)cc1. The lowest BCUT2D eigenvalue weighted by Gasteiger charge is -2.26. The minimum atomic E-state index is -0.831. The number of benzene rings is 1. The van der Waals surface area contributed by atoms with E-state index in [-0.39, 0.29) is 75.2 Å². The topological polar surface area (TPSA) is 207 Å². The van der Waals surface area contributed by atoms with Gasteiger partial charge in [-0.25, -0.2) is 4.79 Å². The van der Waals surface area contributed by atoms with Gasteiger partial charge in [0.05, 0.1) is 31.8 Å². The van der Waals surface area contributed by atoms with Gasteiger partial charge in [-0.15, -0.1) is 0 Å². The standard InChI is InChI=1S/C33H50N6O9/c1-22(2)29(38-26(40)21-47-18-17-46-16-15-39-27(41)12-13-28(39)42)30(43)37-25(7-6-14-35-32(34)45)19-36-24-10-8-23(9-11-24)20-48-31(44)33(3,4)5/h8-13,22,25,29,36H,6-7,14-21H2,1-5H3,(H,37,43)(H,38,40)(H3,34,35,45)/t25-,29-/m0/s1. The average Bonchev–Trinajstić information content (AvgIpc) is 3.34. The molecule has 1 aliphatic heterocycles. The Morgan fingerprint density at radius 3 is 2.17 bits per heavy atom. The van der Waals surface area contributed by atoms with Gasteiger partial charge in [0.25, 0.3) is 11.8 Å². The molecular weight excluding hydrogens is 624 g/mol. The average molecular weight is 675 g/mol. The van der Waals surface area contributed by atoms with Crippen molar-refractivity contribution in [3.8, 4) is 0 Å². The largest absolute Gasteiger partial charge is 0.460 e. The number of carbonyl (C=O) groups excluding carboxylic acids is 6. The Bertz CT molecular complexity index is 1260. The van der Waals surface area contributed by atoms with E-state index in [0.29, 0.717) is 25.9 Å². The maximum absolute atomic E-state index is 13.3. The van der Waals surface area contributed by atoms with Crippen molar-refractivity contribution in [3.63, 3.8) is 0 Å². The molecule has 0 spiro atoms. The summed E-state index contributed by atoms with van der Waals surface area (Å²) in [4.78, 5) is 73.2. The fourth-order valence-corrected chi connectivity index (χ4v) is 4.34. The molecular formula is C33H50N6O9. The number of carbonyl (C=O) groups is 6. The van der Waals surface area contributed by atoms with Gasteiger partial charge in [-0.2, -0.15) is 0 Å². The molecule has 1 heterocycles. The molecule has 15 nitrogen and oxygen atoms in total. The fraction of sp³-hybridized carbons (Fsp3) is 0.576. The Hall–Kier alpha value is -4.50. The summed E-state index contributed by atoms with van der Waals surface area (Å²) in [6, 6.07) is 5.57. The number of amides is 6. The third-order valence-corrected chi connectivity index (χ3v) is 7.09. The number of anilines is 1. The second-order valence-electron chi connectivity index (χ2n) is 12.7. The number of hydrogen-bond acceptors (Lipinski definition) is 10. The third kappa shape index (κ3) is 14.9. The molecule has 0 aliphatic carbocycles. The third-order valence-electron chi connectivity index (χ3n) is 7.09. The van der Waals surface area contributed by atoms with E-state index < -0.39 is 23.4 Å². The Kier molecular flexibility index (Phi) is 16.5. The van der Waals surface area contributed by atoms with Gasteiger partial charge in [0.1, 0.15) is 19.3 Å². The van der Waals surface area contributed by atoms with Crippen LogP contribution in [0.2, 0.25) is 0 Å². The molecule has 0 saturated carbocycles. The van der Waals surface area contributed by atoms with Crippen LogP contribution in [0, 0.1) is 11.3 Å². The van der Waals surface area contributed by atoms with Crippen molar-refractivity contribution in [2.75, 3.05) is 51.4 Å². The number of nitrogens with zero attached hydrogens (tertiary/aromatic N) is 1. The second-order valence-corrected chi connectivity index (χ2v) is 12.7. The number of nitrogens with one attached hydrogen (secondary N) is 4. The molecule has 1 aromatic rings. The molecule has 15 heteroatoms. The molecule has 0 saturated heterocycles. The summed E-state index contributed by atoms with van der Waals surface area (Å²) in [7, 11) is 0. The van der Waals surface area contributed by atoms with Crippen molar-refractivity contribution < 1.29 is 43.0 Å². The van der Waals surface area contributed by atoms with Crippen molar-refractivity contribution in [2.45, 2.75) is 66.2 Å². The van der Waals surface area contributed by atoms with Gasteiger partial charge < -0.3 is 41.2 Å². The van der Waals surface area contributed by atoms with Crippen LogP contribution in [0.25, 0.3) is 0 Å². The normalized spacial score (nSPS) is 14.1. The van der Waals surface area contributed by atoms with Gasteiger partial charge in [-0.1, -0.05) is 26.0 Å². The summed E-state index contributed by atoms with van der Waals surface area (Å²) in [6.07, 6.45) is 3.46. The van der Waals surface area contributed by atoms with Gasteiger partial charge in [-0.3, -0.25) is 28.9 Å². The van der Waals surface area contributed by atoms with E-state index in [4.69, 9.17) is 19.9 Å². The van der Waals surface area contributed by atoms with E-state index >= 15 is 0 Å². The molecule has 0 aromatic heterocycles. The first-order valence-electron chi connectivity index (χ1n) is 16.0. The first kappa shape index (κ1) is 39.7. The predicted molar refractivity (Wildman–Crippen MR) is 177 cm³/mol. The number of urea groups is 1. The second kappa shape index (κ2) is 20.0. The zero-order valence-corrected chi connectivity index (χ0v) is 28.5. The minimum absolute atomic E-state index is 0.0994. The highest BCUT2D eigenvalue weighted by atomic mass is 16.5. The summed E-state index contributed by atoms with van der Waals surface area (Å²) < 4.78 is 16.1. The zero-order chi connectivity index (χ0) is 35.7.